The molecule has 0 aromatic rings. The molecule has 3 atom stereocenters. The van der Waals surface area contributed by atoms with Crippen LogP contribution in [0, 0.1) is 61.6 Å². The van der Waals surface area contributed by atoms with E-state index in [1.54, 1.807) is 0 Å². The van der Waals surface area contributed by atoms with E-state index in [-0.39, 0.29) is 11.8 Å². The first-order valence-corrected chi connectivity index (χ1v) is 8.59. The lowest BCUT2D eigenvalue weighted by molar-refractivity contribution is -0.257. The molecule has 0 radical (unpaired) electrons. The molecule has 2 aliphatic rings. The molecule has 0 spiro atoms. The summed E-state index contributed by atoms with van der Waals surface area (Å²) in [4.78, 5) is 0. The van der Waals surface area contributed by atoms with E-state index in [0.717, 1.165) is 12.8 Å². The Bertz CT molecular complexity index is 631. The topological polar surface area (TPSA) is 114 Å². The number of hydrogen-bond donors (Lipinski definition) is 1. The smallest absolute Gasteiger partial charge is 0.209 e. The van der Waals surface area contributed by atoms with Gasteiger partial charge < -0.3 is 9.47 Å². The van der Waals surface area contributed by atoms with Crippen molar-refractivity contribution < 1.29 is 9.47 Å². The fourth-order valence-corrected chi connectivity index (χ4v) is 4.75. The van der Waals surface area contributed by atoms with Crippen molar-refractivity contribution >= 4 is 5.90 Å². The van der Waals surface area contributed by atoms with Gasteiger partial charge in [-0.05, 0) is 18.8 Å². The molecular formula is C18H24N4O2. The lowest BCUT2D eigenvalue weighted by Crippen LogP contribution is -2.65. The summed E-state index contributed by atoms with van der Waals surface area (Å²) < 4.78 is 11.8. The van der Waals surface area contributed by atoms with Crippen LogP contribution in [0.15, 0.2) is 0 Å². The normalized spacial score (nSPS) is 32.5. The number of ether oxygens (including phenoxy) is 2. The van der Waals surface area contributed by atoms with Crippen molar-refractivity contribution in [3.8, 4) is 18.2 Å². The van der Waals surface area contributed by atoms with Crippen LogP contribution in [0.5, 0.6) is 0 Å². The summed E-state index contributed by atoms with van der Waals surface area (Å²) in [6.45, 7) is 7.74. The minimum Gasteiger partial charge on any atom is -0.450 e. The second-order valence-corrected chi connectivity index (χ2v) is 6.67. The van der Waals surface area contributed by atoms with Crippen molar-refractivity contribution in [1.82, 2.24) is 0 Å². The standard InChI is InChI=1S/C18H24N4O2/c1-5-12(6-2)13-17(9-19,10-20)18(11-21)14(22)24-15(23-13)16(18,7-3)8-4/h12-13,15,22H,5-8H2,1-4H3. The van der Waals surface area contributed by atoms with Gasteiger partial charge in [-0.15, -0.1) is 0 Å². The Labute approximate surface area is 143 Å². The molecule has 2 fully saturated rings. The van der Waals surface area contributed by atoms with Crippen LogP contribution in [0.3, 0.4) is 0 Å². The molecule has 6 heteroatoms. The van der Waals surface area contributed by atoms with Crippen molar-refractivity contribution in [3.63, 3.8) is 0 Å². The first-order chi connectivity index (χ1) is 11.4. The average Bonchev–Trinajstić information content (AvgIpc) is 2.79. The Balaban J connectivity index is 2.85. The summed E-state index contributed by atoms with van der Waals surface area (Å²) in [5.74, 6) is -0.351. The largest absolute Gasteiger partial charge is 0.450 e. The third kappa shape index (κ3) is 1.69. The predicted octanol–water partition coefficient (Wildman–Crippen LogP) is 3.50. The van der Waals surface area contributed by atoms with Crippen LogP contribution in [0.4, 0.5) is 0 Å². The quantitative estimate of drug-likeness (QED) is 0.829. The molecule has 24 heavy (non-hydrogen) atoms. The molecule has 2 aliphatic heterocycles. The summed E-state index contributed by atoms with van der Waals surface area (Å²) in [5.41, 5.74) is -4.23. The number of nitrogens with one attached hydrogen (secondary N) is 1. The highest BCUT2D eigenvalue weighted by molar-refractivity contribution is 5.89. The molecule has 2 rings (SSSR count). The Morgan fingerprint density at radius 3 is 1.96 bits per heavy atom. The molecule has 6 nitrogen and oxygen atoms in total. The molecule has 0 aliphatic carbocycles. The van der Waals surface area contributed by atoms with E-state index in [9.17, 15) is 15.8 Å². The predicted molar refractivity (Wildman–Crippen MR) is 86.3 cm³/mol. The summed E-state index contributed by atoms with van der Waals surface area (Å²) in [6, 6.07) is 6.42. The van der Waals surface area contributed by atoms with Gasteiger partial charge in [0.1, 0.15) is 0 Å². The molecule has 0 amide bonds. The van der Waals surface area contributed by atoms with Gasteiger partial charge in [0.25, 0.3) is 0 Å². The van der Waals surface area contributed by atoms with Crippen LogP contribution in [-0.4, -0.2) is 18.3 Å². The number of nitriles is 3. The number of rotatable bonds is 5. The fraction of sp³-hybridized carbons (Fsp3) is 0.778. The molecule has 0 aromatic carbocycles. The van der Waals surface area contributed by atoms with E-state index in [0.29, 0.717) is 12.8 Å². The van der Waals surface area contributed by atoms with Crippen molar-refractivity contribution in [2.24, 2.45) is 22.2 Å². The molecule has 128 valence electrons. The van der Waals surface area contributed by atoms with E-state index in [1.807, 2.05) is 27.7 Å². The maximum Gasteiger partial charge on any atom is 0.209 e. The van der Waals surface area contributed by atoms with E-state index in [1.165, 1.54) is 0 Å². The summed E-state index contributed by atoms with van der Waals surface area (Å²) >= 11 is 0. The monoisotopic (exact) mass is 328 g/mol. The van der Waals surface area contributed by atoms with Crippen LogP contribution >= 0.6 is 0 Å². The van der Waals surface area contributed by atoms with Gasteiger partial charge in [0.2, 0.25) is 12.2 Å². The van der Waals surface area contributed by atoms with Crippen LogP contribution in [0.25, 0.3) is 0 Å². The van der Waals surface area contributed by atoms with E-state index >= 15 is 0 Å². The van der Waals surface area contributed by atoms with E-state index in [2.05, 4.69) is 18.2 Å². The Hall–Kier alpha value is -2.10. The average molecular weight is 328 g/mol. The van der Waals surface area contributed by atoms with Crippen LogP contribution in [0.2, 0.25) is 0 Å². The highest BCUT2D eigenvalue weighted by atomic mass is 16.7. The fourth-order valence-electron chi connectivity index (χ4n) is 4.75. The molecule has 3 unspecified atom stereocenters. The van der Waals surface area contributed by atoms with E-state index < -0.39 is 28.6 Å². The maximum atomic E-state index is 10.2. The van der Waals surface area contributed by atoms with Gasteiger partial charge in [0.15, 0.2) is 10.8 Å². The molecule has 0 saturated carbocycles. The molecule has 2 heterocycles. The molecule has 0 aromatic heterocycles. The minimum absolute atomic E-state index is 0.0549. The second-order valence-electron chi connectivity index (χ2n) is 6.67. The van der Waals surface area contributed by atoms with E-state index in [4.69, 9.17) is 14.9 Å². The highest BCUT2D eigenvalue weighted by Crippen LogP contribution is 2.68. The highest BCUT2D eigenvalue weighted by Gasteiger charge is 2.81. The Kier molecular flexibility index (Phi) is 4.62. The van der Waals surface area contributed by atoms with Crippen molar-refractivity contribution in [3.05, 3.63) is 0 Å². The van der Waals surface area contributed by atoms with Gasteiger partial charge in [-0.2, -0.15) is 15.8 Å². The third-order valence-electron chi connectivity index (χ3n) is 6.31. The van der Waals surface area contributed by atoms with Gasteiger partial charge in [-0.1, -0.05) is 40.5 Å². The van der Waals surface area contributed by atoms with Gasteiger partial charge in [-0.3, -0.25) is 5.41 Å². The number of nitrogens with zero attached hydrogens (tertiary/aromatic N) is 3. The van der Waals surface area contributed by atoms with Crippen molar-refractivity contribution in [1.29, 1.82) is 21.2 Å². The zero-order valence-corrected chi connectivity index (χ0v) is 14.7. The van der Waals surface area contributed by atoms with Gasteiger partial charge in [0, 0.05) is 0 Å². The van der Waals surface area contributed by atoms with Crippen molar-refractivity contribution in [2.45, 2.75) is 65.8 Å². The SMILES string of the molecule is CCC(CC)C1OC2OC(=N)C(C#N)(C1(C#N)C#N)C2(CC)CC. The summed E-state index contributed by atoms with van der Waals surface area (Å²) in [6.07, 6.45) is 0.912. The first kappa shape index (κ1) is 18.2. The van der Waals surface area contributed by atoms with Gasteiger partial charge in [-0.25, -0.2) is 0 Å². The van der Waals surface area contributed by atoms with Crippen LogP contribution in [0.1, 0.15) is 53.4 Å². The maximum absolute atomic E-state index is 10.2. The first-order valence-electron chi connectivity index (χ1n) is 8.59. The third-order valence-corrected chi connectivity index (χ3v) is 6.31. The Morgan fingerprint density at radius 2 is 1.58 bits per heavy atom. The molecule has 2 bridgehead atoms. The lowest BCUT2D eigenvalue weighted by Gasteiger charge is -2.53. The molecule has 1 N–H and O–H groups in total. The lowest BCUT2D eigenvalue weighted by atomic mass is 9.46. The van der Waals surface area contributed by atoms with Crippen LogP contribution < -0.4 is 0 Å². The van der Waals surface area contributed by atoms with Gasteiger partial charge in [0.05, 0.1) is 29.7 Å². The van der Waals surface area contributed by atoms with Crippen molar-refractivity contribution in [2.75, 3.05) is 0 Å². The molecular weight excluding hydrogens is 304 g/mol. The zero-order valence-electron chi connectivity index (χ0n) is 14.7. The molecule has 2 saturated heterocycles. The number of fused-ring (bicyclic) bond motifs is 2. The zero-order chi connectivity index (χ0) is 18.2. The minimum atomic E-state index is -1.76. The summed E-state index contributed by atoms with van der Waals surface area (Å²) in [5, 5.41) is 38.6. The second kappa shape index (κ2) is 6.08. The Morgan fingerprint density at radius 1 is 1.04 bits per heavy atom. The van der Waals surface area contributed by atoms with Crippen LogP contribution in [-0.2, 0) is 9.47 Å². The number of hydrogen-bond acceptors (Lipinski definition) is 6. The summed E-state index contributed by atoms with van der Waals surface area (Å²) in [7, 11) is 0. The van der Waals surface area contributed by atoms with Gasteiger partial charge >= 0.3 is 0 Å².